The molecule has 6 rings (SSSR count). The van der Waals surface area contributed by atoms with Crippen molar-refractivity contribution in [3.05, 3.63) is 47.5 Å². The quantitative estimate of drug-likeness (QED) is 0.132. The van der Waals surface area contributed by atoms with E-state index >= 15 is 0 Å². The molecule has 6 heteroatoms. The molecule has 0 aromatic heterocycles. The van der Waals surface area contributed by atoms with Gasteiger partial charge in [-0.25, -0.2) is 9.59 Å². The largest absolute Gasteiger partial charge is 0.458 e. The molecule has 192 valence electrons. The molecule has 5 aliphatic rings. The zero-order valence-corrected chi connectivity index (χ0v) is 21.8. The summed E-state index contributed by atoms with van der Waals surface area (Å²) in [6.45, 7) is 8.19. The number of carbonyl (C=O) groups excluding carboxylic acids is 2. The minimum Gasteiger partial charge on any atom is -0.458 e. The fourth-order valence-corrected chi connectivity index (χ4v) is 8.81. The van der Waals surface area contributed by atoms with Crippen molar-refractivity contribution in [2.75, 3.05) is 0 Å². The highest BCUT2D eigenvalue weighted by atomic mass is 16.7. The summed E-state index contributed by atoms with van der Waals surface area (Å²) >= 11 is 0. The van der Waals surface area contributed by atoms with E-state index in [1.165, 1.54) is 18.9 Å². The molecular formula is C30H37NO5. The second kappa shape index (κ2) is 8.27. The van der Waals surface area contributed by atoms with Crippen molar-refractivity contribution in [2.24, 2.45) is 33.7 Å². The van der Waals surface area contributed by atoms with Crippen LogP contribution in [0.3, 0.4) is 0 Å². The molecule has 1 aliphatic heterocycles. The van der Waals surface area contributed by atoms with Crippen LogP contribution >= 0.6 is 0 Å². The third kappa shape index (κ3) is 3.36. The summed E-state index contributed by atoms with van der Waals surface area (Å²) in [5.41, 5.74) is 2.72. The molecule has 1 aromatic carbocycles. The first-order chi connectivity index (χ1) is 17.2. The molecule has 3 saturated carbocycles. The molecule has 36 heavy (non-hydrogen) atoms. The van der Waals surface area contributed by atoms with E-state index in [0.29, 0.717) is 23.3 Å². The fourth-order valence-electron chi connectivity index (χ4n) is 8.81. The van der Waals surface area contributed by atoms with E-state index in [-0.39, 0.29) is 34.6 Å². The highest BCUT2D eigenvalue weighted by Crippen LogP contribution is 2.73. The van der Waals surface area contributed by atoms with E-state index in [4.69, 9.17) is 14.3 Å². The van der Waals surface area contributed by atoms with E-state index < -0.39 is 5.97 Å². The number of benzene rings is 1. The van der Waals surface area contributed by atoms with E-state index in [2.05, 4.69) is 25.1 Å². The topological polar surface area (TPSA) is 77.5 Å². The molecule has 0 bridgehead atoms. The van der Waals surface area contributed by atoms with E-state index in [9.17, 15) is 9.59 Å². The Labute approximate surface area is 213 Å². The molecule has 6 nitrogen and oxygen atoms in total. The minimum absolute atomic E-state index is 0.0106. The molecule has 1 saturated heterocycles. The minimum atomic E-state index is -0.394. The van der Waals surface area contributed by atoms with Crippen LogP contribution in [-0.2, 0) is 19.1 Å². The standard InChI is InChI=1S/C30H37NO5/c1-18(31-36-19(2)32)30-26(35-30)17-25-23-11-10-21-16-22(34-27(33)20-8-6-5-7-9-20)12-14-28(21,3)24(23)13-15-29(25,30)4/h5-10,22-26H,11-17H2,1-4H3/t22-,23-,24-,25+,26+,28-,29-,30+/m0/s1. The van der Waals surface area contributed by atoms with Gasteiger partial charge in [-0.15, -0.1) is 0 Å². The number of allylic oxidation sites excluding steroid dienone is 1. The summed E-state index contributed by atoms with van der Waals surface area (Å²) in [7, 11) is 0. The zero-order chi connectivity index (χ0) is 25.3. The molecular weight excluding hydrogens is 454 g/mol. The SMILES string of the molecule is CC(=O)ON=C(C)[C@@]12O[C@@H]1C[C@@H]1[C@H]3CC=C4C[C@@H](OC(=O)c5ccccc5)CC[C@]4(C)[C@H]3CC[C@@]12C. The number of rotatable bonds is 4. The van der Waals surface area contributed by atoms with Gasteiger partial charge in [0.2, 0.25) is 0 Å². The zero-order valence-electron chi connectivity index (χ0n) is 21.8. The molecule has 0 radical (unpaired) electrons. The summed E-state index contributed by atoms with van der Waals surface area (Å²) in [6.07, 6.45) is 9.84. The number of hydrogen-bond donors (Lipinski definition) is 0. The predicted octanol–water partition coefficient (Wildman–Crippen LogP) is 5.86. The van der Waals surface area contributed by atoms with Crippen molar-refractivity contribution in [3.8, 4) is 0 Å². The maximum atomic E-state index is 12.7. The molecule has 0 N–H and O–H groups in total. The summed E-state index contributed by atoms with van der Waals surface area (Å²) in [5, 5.41) is 4.18. The highest BCUT2D eigenvalue weighted by molar-refractivity contribution is 5.95. The van der Waals surface area contributed by atoms with Crippen LogP contribution in [0.25, 0.3) is 0 Å². The van der Waals surface area contributed by atoms with Crippen molar-refractivity contribution in [2.45, 2.75) is 90.4 Å². The Kier molecular flexibility index (Phi) is 5.49. The maximum Gasteiger partial charge on any atom is 0.338 e. The number of esters is 1. The van der Waals surface area contributed by atoms with Crippen molar-refractivity contribution < 1.29 is 23.9 Å². The van der Waals surface area contributed by atoms with E-state index in [1.54, 1.807) is 0 Å². The monoisotopic (exact) mass is 491 g/mol. The van der Waals surface area contributed by atoms with E-state index in [1.807, 2.05) is 37.3 Å². The number of carbonyl (C=O) groups is 2. The van der Waals surface area contributed by atoms with Gasteiger partial charge < -0.3 is 14.3 Å². The van der Waals surface area contributed by atoms with Gasteiger partial charge in [0.1, 0.15) is 11.7 Å². The highest BCUT2D eigenvalue weighted by Gasteiger charge is 2.78. The maximum absolute atomic E-state index is 12.7. The van der Waals surface area contributed by atoms with E-state index in [0.717, 1.165) is 44.2 Å². The lowest BCUT2D eigenvalue weighted by Gasteiger charge is -2.58. The van der Waals surface area contributed by atoms with Crippen molar-refractivity contribution in [1.29, 1.82) is 0 Å². The van der Waals surface area contributed by atoms with Gasteiger partial charge in [-0.3, -0.25) is 0 Å². The van der Waals surface area contributed by atoms with Gasteiger partial charge in [0.25, 0.3) is 0 Å². The Balaban J connectivity index is 1.20. The third-order valence-corrected chi connectivity index (χ3v) is 10.6. The molecule has 1 heterocycles. The number of fused-ring (bicyclic) bond motifs is 7. The lowest BCUT2D eigenvalue weighted by molar-refractivity contribution is -0.141. The lowest BCUT2D eigenvalue weighted by Crippen LogP contribution is -2.54. The number of epoxide rings is 1. The molecule has 1 aromatic rings. The van der Waals surface area contributed by atoms with Crippen LogP contribution in [0.4, 0.5) is 0 Å². The van der Waals surface area contributed by atoms with Crippen LogP contribution in [0.2, 0.25) is 0 Å². The summed E-state index contributed by atoms with van der Waals surface area (Å²) < 4.78 is 12.3. The van der Waals surface area contributed by atoms with Gasteiger partial charge in [-0.1, -0.05) is 48.9 Å². The molecule has 0 unspecified atom stereocenters. The van der Waals surface area contributed by atoms with Gasteiger partial charge in [-0.2, -0.15) is 0 Å². The lowest BCUT2D eigenvalue weighted by atomic mass is 9.47. The summed E-state index contributed by atoms with van der Waals surface area (Å²) in [4.78, 5) is 29.0. The van der Waals surface area contributed by atoms with Crippen LogP contribution in [0.1, 0.15) is 83.0 Å². The van der Waals surface area contributed by atoms with Crippen LogP contribution in [0, 0.1) is 28.6 Å². The predicted molar refractivity (Wildman–Crippen MR) is 135 cm³/mol. The Bertz CT molecular complexity index is 1140. The van der Waals surface area contributed by atoms with Crippen LogP contribution in [0.15, 0.2) is 47.1 Å². The van der Waals surface area contributed by atoms with Gasteiger partial charge in [-0.05, 0) is 80.8 Å². The van der Waals surface area contributed by atoms with Gasteiger partial charge >= 0.3 is 11.9 Å². The Morgan fingerprint density at radius 1 is 1.06 bits per heavy atom. The average Bonchev–Trinajstić information content (AvgIpc) is 3.54. The number of hydrogen-bond acceptors (Lipinski definition) is 6. The number of oxime groups is 1. The van der Waals surface area contributed by atoms with Crippen LogP contribution in [-0.4, -0.2) is 35.5 Å². The number of ether oxygens (including phenoxy) is 2. The smallest absolute Gasteiger partial charge is 0.338 e. The molecule has 4 fully saturated rings. The first-order valence-electron chi connectivity index (χ1n) is 13.5. The Hall–Kier alpha value is -2.47. The Morgan fingerprint density at radius 3 is 2.58 bits per heavy atom. The van der Waals surface area contributed by atoms with Crippen LogP contribution in [0.5, 0.6) is 0 Å². The summed E-state index contributed by atoms with van der Waals surface area (Å²) in [5.74, 6) is 1.22. The third-order valence-electron chi connectivity index (χ3n) is 10.6. The molecule has 8 atom stereocenters. The van der Waals surface area contributed by atoms with Crippen molar-refractivity contribution in [1.82, 2.24) is 0 Å². The van der Waals surface area contributed by atoms with Gasteiger partial charge in [0.15, 0.2) is 0 Å². The normalized spacial score (nSPS) is 42.7. The first kappa shape index (κ1) is 23.9. The van der Waals surface area contributed by atoms with Gasteiger partial charge in [0, 0.05) is 18.8 Å². The first-order valence-corrected chi connectivity index (χ1v) is 13.5. The van der Waals surface area contributed by atoms with Gasteiger partial charge in [0.05, 0.1) is 17.4 Å². The summed E-state index contributed by atoms with van der Waals surface area (Å²) in [6, 6.07) is 9.30. The Morgan fingerprint density at radius 2 is 1.83 bits per heavy atom. The van der Waals surface area contributed by atoms with Crippen molar-refractivity contribution in [3.63, 3.8) is 0 Å². The second-order valence-electron chi connectivity index (χ2n) is 12.2. The van der Waals surface area contributed by atoms with Crippen LogP contribution < -0.4 is 0 Å². The molecule has 4 aliphatic carbocycles. The number of nitrogens with zero attached hydrogens (tertiary/aromatic N) is 1. The average molecular weight is 492 g/mol. The van der Waals surface area contributed by atoms with Crippen molar-refractivity contribution >= 4 is 17.7 Å². The molecule has 0 amide bonds. The fraction of sp³-hybridized carbons (Fsp3) is 0.633. The molecule has 0 spiro atoms. The second-order valence-corrected chi connectivity index (χ2v) is 12.2.